The monoisotopic (exact) mass is 272 g/mol. The smallest absolute Gasteiger partial charge is 0.489 e. The molecule has 20 heavy (non-hydrogen) atoms. The summed E-state index contributed by atoms with van der Waals surface area (Å²) in [7, 11) is 1.60. The average molecular weight is 272 g/mol. The van der Waals surface area contributed by atoms with Crippen molar-refractivity contribution in [1.82, 2.24) is 0 Å². The van der Waals surface area contributed by atoms with Gasteiger partial charge in [0.05, 0.1) is 19.8 Å². The Hall–Kier alpha value is -1.98. The minimum Gasteiger partial charge on any atom is -0.496 e. The molecule has 104 valence electrons. The summed E-state index contributed by atoms with van der Waals surface area (Å²) in [5.74, 6) is 1.27. The van der Waals surface area contributed by atoms with Crippen molar-refractivity contribution in [1.29, 1.82) is 0 Å². The van der Waals surface area contributed by atoms with Crippen LogP contribution in [0.4, 0.5) is 0 Å². The van der Waals surface area contributed by atoms with Gasteiger partial charge in [-0.1, -0.05) is 24.3 Å². The van der Waals surface area contributed by atoms with Crippen LogP contribution < -0.4 is 14.9 Å². The topological polar surface area (TPSA) is 58.9 Å². The van der Waals surface area contributed by atoms with Crippen molar-refractivity contribution in [3.05, 3.63) is 42.0 Å². The standard InChI is InChI=1S/C15H17BO4/c1-10-8-13(19-2)15(14(9-10)20-3)11-6-4-5-7-12(11)16(17)18/h4-9,17-18H,1-3H3. The van der Waals surface area contributed by atoms with E-state index in [-0.39, 0.29) is 0 Å². The zero-order valence-corrected chi connectivity index (χ0v) is 11.8. The highest BCUT2D eigenvalue weighted by atomic mass is 16.5. The highest BCUT2D eigenvalue weighted by molar-refractivity contribution is 6.60. The number of aryl methyl sites for hydroxylation is 1. The molecule has 4 nitrogen and oxygen atoms in total. The van der Waals surface area contributed by atoms with Crippen LogP contribution in [-0.4, -0.2) is 31.4 Å². The van der Waals surface area contributed by atoms with Gasteiger partial charge in [0, 0.05) is 0 Å². The van der Waals surface area contributed by atoms with E-state index in [9.17, 15) is 10.0 Å². The van der Waals surface area contributed by atoms with Crippen molar-refractivity contribution in [2.45, 2.75) is 6.92 Å². The second kappa shape index (κ2) is 5.99. The molecule has 0 atom stereocenters. The van der Waals surface area contributed by atoms with Gasteiger partial charge in [-0.2, -0.15) is 0 Å². The first-order valence-corrected chi connectivity index (χ1v) is 6.26. The molecule has 0 amide bonds. The lowest BCUT2D eigenvalue weighted by atomic mass is 9.75. The van der Waals surface area contributed by atoms with E-state index in [1.165, 1.54) is 0 Å². The van der Waals surface area contributed by atoms with Gasteiger partial charge in [0.25, 0.3) is 0 Å². The van der Waals surface area contributed by atoms with Gasteiger partial charge in [0.1, 0.15) is 11.5 Å². The van der Waals surface area contributed by atoms with Gasteiger partial charge in [-0.25, -0.2) is 0 Å². The fraction of sp³-hybridized carbons (Fsp3) is 0.200. The van der Waals surface area contributed by atoms with Gasteiger partial charge >= 0.3 is 7.12 Å². The number of hydrogen-bond donors (Lipinski definition) is 2. The van der Waals surface area contributed by atoms with Crippen LogP contribution >= 0.6 is 0 Å². The first kappa shape index (κ1) is 14.4. The third-order valence-corrected chi connectivity index (χ3v) is 3.16. The van der Waals surface area contributed by atoms with Gasteiger partial charge in [-0.3, -0.25) is 0 Å². The second-order valence-electron chi connectivity index (χ2n) is 4.51. The molecule has 0 unspecified atom stereocenters. The average Bonchev–Trinajstić information content (AvgIpc) is 2.46. The minimum absolute atomic E-state index is 0.410. The van der Waals surface area contributed by atoms with E-state index in [0.717, 1.165) is 5.56 Å². The SMILES string of the molecule is COc1cc(C)cc(OC)c1-c1ccccc1B(O)O. The molecule has 0 bridgehead atoms. The third-order valence-electron chi connectivity index (χ3n) is 3.16. The molecule has 0 heterocycles. The largest absolute Gasteiger partial charge is 0.496 e. The second-order valence-corrected chi connectivity index (χ2v) is 4.51. The molecule has 2 N–H and O–H groups in total. The van der Waals surface area contributed by atoms with Gasteiger partial charge < -0.3 is 19.5 Å². The molecule has 0 aromatic heterocycles. The molecule has 0 aliphatic rings. The summed E-state index contributed by atoms with van der Waals surface area (Å²) in [6.07, 6.45) is 0. The lowest BCUT2D eigenvalue weighted by molar-refractivity contribution is 0.397. The lowest BCUT2D eigenvalue weighted by Crippen LogP contribution is -2.31. The molecule has 0 saturated heterocycles. The van der Waals surface area contributed by atoms with E-state index in [4.69, 9.17) is 9.47 Å². The predicted octanol–water partition coefficient (Wildman–Crippen LogP) is 1.36. The molecule has 2 rings (SSSR count). The van der Waals surface area contributed by atoms with Gasteiger partial charge in [0.15, 0.2) is 0 Å². The molecule has 0 fully saturated rings. The maximum Gasteiger partial charge on any atom is 0.489 e. The number of benzene rings is 2. The fourth-order valence-electron chi connectivity index (χ4n) is 2.26. The van der Waals surface area contributed by atoms with Crippen molar-refractivity contribution < 1.29 is 19.5 Å². The fourth-order valence-corrected chi connectivity index (χ4v) is 2.26. The van der Waals surface area contributed by atoms with Crippen LogP contribution in [0.1, 0.15) is 5.56 Å². The normalized spacial score (nSPS) is 10.2. The van der Waals surface area contributed by atoms with Crippen LogP contribution in [0.5, 0.6) is 11.5 Å². The van der Waals surface area contributed by atoms with E-state index >= 15 is 0 Å². The Morgan fingerprint density at radius 2 is 1.50 bits per heavy atom. The summed E-state index contributed by atoms with van der Waals surface area (Å²) in [4.78, 5) is 0. The van der Waals surface area contributed by atoms with E-state index in [0.29, 0.717) is 28.1 Å². The highest BCUT2D eigenvalue weighted by Gasteiger charge is 2.21. The zero-order valence-electron chi connectivity index (χ0n) is 11.8. The molecular weight excluding hydrogens is 255 g/mol. The van der Waals surface area contributed by atoms with Crippen LogP contribution in [0.25, 0.3) is 11.1 Å². The Kier molecular flexibility index (Phi) is 4.32. The molecule has 2 aromatic rings. The maximum atomic E-state index is 9.52. The van der Waals surface area contributed by atoms with Gasteiger partial charge in [-0.15, -0.1) is 0 Å². The van der Waals surface area contributed by atoms with E-state index in [1.807, 2.05) is 31.2 Å². The molecule has 0 spiro atoms. The Balaban J connectivity index is 2.75. The van der Waals surface area contributed by atoms with Gasteiger partial charge in [0.2, 0.25) is 0 Å². The summed E-state index contributed by atoms with van der Waals surface area (Å²) < 4.78 is 10.8. The molecular formula is C15H17BO4. The molecule has 0 radical (unpaired) electrons. The first-order chi connectivity index (χ1) is 9.58. The van der Waals surface area contributed by atoms with Crippen molar-refractivity contribution in [2.24, 2.45) is 0 Å². The van der Waals surface area contributed by atoms with E-state index < -0.39 is 7.12 Å². The Labute approximate surface area is 118 Å². The highest BCUT2D eigenvalue weighted by Crippen LogP contribution is 2.38. The Morgan fingerprint density at radius 3 is 2.00 bits per heavy atom. The molecule has 0 aliphatic heterocycles. The van der Waals surface area contributed by atoms with Crippen molar-refractivity contribution in [3.63, 3.8) is 0 Å². The van der Waals surface area contributed by atoms with Crippen LogP contribution in [0, 0.1) is 6.92 Å². The summed E-state index contributed by atoms with van der Waals surface area (Å²) in [6, 6.07) is 10.8. The molecule has 0 aliphatic carbocycles. The Bertz CT molecular complexity index is 586. The van der Waals surface area contributed by atoms with Crippen LogP contribution in [0.2, 0.25) is 0 Å². The zero-order chi connectivity index (χ0) is 14.7. The van der Waals surface area contributed by atoms with Crippen molar-refractivity contribution >= 4 is 12.6 Å². The molecule has 0 saturated carbocycles. The quantitative estimate of drug-likeness (QED) is 0.825. The first-order valence-electron chi connectivity index (χ1n) is 6.26. The molecule has 5 heteroatoms. The third kappa shape index (κ3) is 2.64. The van der Waals surface area contributed by atoms with Gasteiger partial charge in [-0.05, 0) is 35.6 Å². The Morgan fingerprint density at radius 1 is 0.950 bits per heavy atom. The summed E-state index contributed by atoms with van der Waals surface area (Å²) in [6.45, 7) is 1.95. The number of hydrogen-bond acceptors (Lipinski definition) is 4. The van der Waals surface area contributed by atoms with Crippen LogP contribution in [0.15, 0.2) is 36.4 Å². The predicted molar refractivity (Wildman–Crippen MR) is 79.5 cm³/mol. The summed E-state index contributed by atoms with van der Waals surface area (Å²) in [5.41, 5.74) is 2.80. The van der Waals surface area contributed by atoms with Crippen molar-refractivity contribution in [3.8, 4) is 22.6 Å². The maximum absolute atomic E-state index is 9.52. The van der Waals surface area contributed by atoms with E-state index in [2.05, 4.69) is 0 Å². The van der Waals surface area contributed by atoms with Crippen LogP contribution in [0.3, 0.4) is 0 Å². The van der Waals surface area contributed by atoms with Crippen molar-refractivity contribution in [2.75, 3.05) is 14.2 Å². The van der Waals surface area contributed by atoms with Crippen LogP contribution in [-0.2, 0) is 0 Å². The number of methoxy groups -OCH3 is 2. The minimum atomic E-state index is -1.55. The van der Waals surface area contributed by atoms with E-state index in [1.54, 1.807) is 26.4 Å². The summed E-state index contributed by atoms with van der Waals surface area (Å²) >= 11 is 0. The lowest BCUT2D eigenvalue weighted by Gasteiger charge is -2.17. The summed E-state index contributed by atoms with van der Waals surface area (Å²) in [5, 5.41) is 19.0. The number of ether oxygens (including phenoxy) is 2. The molecule has 2 aromatic carbocycles. The number of rotatable bonds is 4.